The molecule has 76 valence electrons. The van der Waals surface area contributed by atoms with Crippen LogP contribution in [0.15, 0.2) is 17.6 Å². The van der Waals surface area contributed by atoms with Gasteiger partial charge in [0.05, 0.1) is 4.92 Å². The molecule has 0 fully saturated rings. The molecule has 0 bridgehead atoms. The van der Waals surface area contributed by atoms with E-state index in [-0.39, 0.29) is 5.69 Å². The van der Waals surface area contributed by atoms with Gasteiger partial charge >= 0.3 is 5.69 Å². The molecule has 0 aliphatic rings. The highest BCUT2D eigenvalue weighted by atomic mass is 35.5. The van der Waals surface area contributed by atoms with Crippen LogP contribution in [0, 0.1) is 10.1 Å². The van der Waals surface area contributed by atoms with Gasteiger partial charge in [-0.05, 0) is 6.42 Å². The molecular weight excluding hydrogens is 226 g/mol. The maximum absolute atomic E-state index is 10.3. The number of halogens is 1. The summed E-state index contributed by atoms with van der Waals surface area (Å²) in [7, 11) is 0. The normalized spacial score (nSPS) is 10.1. The number of aromatic nitrogens is 2. The van der Waals surface area contributed by atoms with E-state index in [1.807, 2.05) is 0 Å². The molecule has 1 aromatic heterocycles. The molecule has 14 heavy (non-hydrogen) atoms. The summed E-state index contributed by atoms with van der Waals surface area (Å²) in [5.41, 5.74) is -0.0910. The maximum atomic E-state index is 10.3. The molecule has 0 unspecified atom stereocenters. The predicted octanol–water partition coefficient (Wildman–Crippen LogP) is 2.11. The van der Waals surface area contributed by atoms with Gasteiger partial charge in [-0.2, -0.15) is 0 Å². The first-order valence-corrected chi connectivity index (χ1v) is 5.41. The lowest BCUT2D eigenvalue weighted by Crippen LogP contribution is -1.93. The topological polar surface area (TPSA) is 68.9 Å². The summed E-state index contributed by atoms with van der Waals surface area (Å²) >= 11 is 6.93. The van der Waals surface area contributed by atoms with Gasteiger partial charge in [-0.1, -0.05) is 11.8 Å². The number of thioether (sulfide) groups is 1. The van der Waals surface area contributed by atoms with Crippen LogP contribution >= 0.6 is 23.4 Å². The lowest BCUT2D eigenvalue weighted by molar-refractivity contribution is -0.385. The number of nitro groups is 1. The number of hydrogen-bond acceptors (Lipinski definition) is 5. The van der Waals surface area contributed by atoms with E-state index in [0.717, 1.165) is 12.2 Å². The first-order valence-electron chi connectivity index (χ1n) is 3.89. The van der Waals surface area contributed by atoms with Crippen LogP contribution in [0.2, 0.25) is 0 Å². The van der Waals surface area contributed by atoms with Gasteiger partial charge < -0.3 is 0 Å². The van der Waals surface area contributed by atoms with Crippen LogP contribution in [-0.2, 0) is 0 Å². The van der Waals surface area contributed by atoms with Gasteiger partial charge in [0.15, 0.2) is 5.16 Å². The zero-order valence-corrected chi connectivity index (χ0v) is 8.79. The van der Waals surface area contributed by atoms with Crippen molar-refractivity contribution in [2.45, 2.75) is 11.6 Å². The van der Waals surface area contributed by atoms with Gasteiger partial charge in [0.1, 0.15) is 12.4 Å². The Hall–Kier alpha value is -0.880. The monoisotopic (exact) mass is 233 g/mol. The van der Waals surface area contributed by atoms with Crippen molar-refractivity contribution in [2.24, 2.45) is 0 Å². The SMILES string of the molecule is O=[N+]([O-])c1cnc(SCCCCl)nc1. The van der Waals surface area contributed by atoms with Crippen molar-refractivity contribution in [3.8, 4) is 0 Å². The summed E-state index contributed by atoms with van der Waals surface area (Å²) in [6.45, 7) is 0. The predicted molar refractivity (Wildman–Crippen MR) is 54.7 cm³/mol. The molecule has 1 heterocycles. The molecule has 0 N–H and O–H groups in total. The van der Waals surface area contributed by atoms with Gasteiger partial charge in [-0.3, -0.25) is 10.1 Å². The van der Waals surface area contributed by atoms with Crippen molar-refractivity contribution in [1.82, 2.24) is 9.97 Å². The van der Waals surface area contributed by atoms with E-state index in [9.17, 15) is 10.1 Å². The zero-order chi connectivity index (χ0) is 10.4. The molecule has 0 spiro atoms. The Kier molecular flexibility index (Phi) is 4.61. The summed E-state index contributed by atoms with van der Waals surface area (Å²) in [6, 6.07) is 0. The minimum absolute atomic E-state index is 0.0910. The standard InChI is InChI=1S/C7H8ClN3O2S/c8-2-1-3-14-7-9-4-6(5-10-7)11(12)13/h4-5H,1-3H2. The number of nitrogens with zero attached hydrogens (tertiary/aromatic N) is 3. The highest BCUT2D eigenvalue weighted by Gasteiger charge is 2.06. The molecular formula is C7H8ClN3O2S. The quantitative estimate of drug-likeness (QED) is 0.195. The molecule has 5 nitrogen and oxygen atoms in total. The van der Waals surface area contributed by atoms with E-state index >= 15 is 0 Å². The van der Waals surface area contributed by atoms with E-state index in [1.165, 1.54) is 24.2 Å². The fourth-order valence-electron chi connectivity index (χ4n) is 0.696. The third-order valence-electron chi connectivity index (χ3n) is 1.33. The first kappa shape index (κ1) is 11.2. The zero-order valence-electron chi connectivity index (χ0n) is 7.22. The van der Waals surface area contributed by atoms with Gasteiger partial charge in [0.2, 0.25) is 0 Å². The van der Waals surface area contributed by atoms with Gasteiger partial charge in [-0.25, -0.2) is 9.97 Å². The molecule has 1 rings (SSSR count). The molecule has 0 saturated heterocycles. The van der Waals surface area contributed by atoms with Crippen molar-refractivity contribution in [3.05, 3.63) is 22.5 Å². The second kappa shape index (κ2) is 5.77. The van der Waals surface area contributed by atoms with Crippen LogP contribution in [0.3, 0.4) is 0 Å². The van der Waals surface area contributed by atoms with Gasteiger partial charge in [0, 0.05) is 11.6 Å². The average molecular weight is 234 g/mol. The van der Waals surface area contributed by atoms with Crippen molar-refractivity contribution in [1.29, 1.82) is 0 Å². The smallest absolute Gasteiger partial charge is 0.258 e. The third kappa shape index (κ3) is 3.47. The van der Waals surface area contributed by atoms with Crippen LogP contribution in [0.4, 0.5) is 5.69 Å². The molecule has 0 atom stereocenters. The summed E-state index contributed by atoms with van der Waals surface area (Å²) in [5.74, 6) is 1.42. The van der Waals surface area contributed by atoms with E-state index < -0.39 is 4.92 Å². The molecule has 7 heteroatoms. The lowest BCUT2D eigenvalue weighted by atomic mass is 10.6. The highest BCUT2D eigenvalue weighted by Crippen LogP contribution is 2.15. The summed E-state index contributed by atoms with van der Waals surface area (Å²) in [6.07, 6.45) is 3.28. The second-order valence-electron chi connectivity index (χ2n) is 2.37. The van der Waals surface area contributed by atoms with Gasteiger partial charge in [0.25, 0.3) is 0 Å². The molecule has 0 radical (unpaired) electrons. The summed E-state index contributed by atoms with van der Waals surface area (Å²) < 4.78 is 0. The van der Waals surface area contributed by atoms with Crippen LogP contribution in [-0.4, -0.2) is 26.5 Å². The number of alkyl halides is 1. The Balaban J connectivity index is 2.51. The highest BCUT2D eigenvalue weighted by molar-refractivity contribution is 7.99. The summed E-state index contributed by atoms with van der Waals surface area (Å²) in [4.78, 5) is 17.4. The maximum Gasteiger partial charge on any atom is 0.305 e. The van der Waals surface area contributed by atoms with Crippen LogP contribution < -0.4 is 0 Å². The van der Waals surface area contributed by atoms with Crippen molar-refractivity contribution in [2.75, 3.05) is 11.6 Å². The minimum Gasteiger partial charge on any atom is -0.258 e. The number of rotatable bonds is 5. The van der Waals surface area contributed by atoms with E-state index in [0.29, 0.717) is 11.0 Å². The van der Waals surface area contributed by atoms with Crippen LogP contribution in [0.25, 0.3) is 0 Å². The van der Waals surface area contributed by atoms with E-state index in [1.54, 1.807) is 0 Å². The van der Waals surface area contributed by atoms with Crippen molar-refractivity contribution < 1.29 is 4.92 Å². The third-order valence-corrected chi connectivity index (χ3v) is 2.56. The van der Waals surface area contributed by atoms with Crippen molar-refractivity contribution >= 4 is 29.1 Å². The summed E-state index contributed by atoms with van der Waals surface area (Å²) in [5, 5.41) is 10.8. The Morgan fingerprint density at radius 2 is 2.14 bits per heavy atom. The molecule has 0 aliphatic heterocycles. The van der Waals surface area contributed by atoms with Gasteiger partial charge in [-0.15, -0.1) is 11.6 Å². The Morgan fingerprint density at radius 3 is 2.64 bits per heavy atom. The fraction of sp³-hybridized carbons (Fsp3) is 0.429. The Labute approximate surface area is 90.0 Å². The number of hydrogen-bond donors (Lipinski definition) is 0. The van der Waals surface area contributed by atoms with Crippen molar-refractivity contribution in [3.63, 3.8) is 0 Å². The molecule has 0 aliphatic carbocycles. The largest absolute Gasteiger partial charge is 0.305 e. The van der Waals surface area contributed by atoms with E-state index in [2.05, 4.69) is 9.97 Å². The van der Waals surface area contributed by atoms with Crippen LogP contribution in [0.5, 0.6) is 0 Å². The lowest BCUT2D eigenvalue weighted by Gasteiger charge is -1.96. The average Bonchev–Trinajstić information content (AvgIpc) is 2.19. The Morgan fingerprint density at radius 1 is 1.50 bits per heavy atom. The van der Waals surface area contributed by atoms with Crippen LogP contribution in [0.1, 0.15) is 6.42 Å². The van der Waals surface area contributed by atoms with E-state index in [4.69, 9.17) is 11.6 Å². The molecule has 0 saturated carbocycles. The minimum atomic E-state index is -0.521. The Bertz CT molecular complexity index is 306. The molecule has 0 amide bonds. The first-order chi connectivity index (χ1) is 6.74. The molecule has 0 aromatic carbocycles. The molecule has 1 aromatic rings. The second-order valence-corrected chi connectivity index (χ2v) is 3.81. The fourth-order valence-corrected chi connectivity index (χ4v) is 1.71.